The van der Waals surface area contributed by atoms with Gasteiger partial charge in [0.2, 0.25) is 0 Å². The number of hydrogen-bond donors (Lipinski definition) is 0. The van der Waals surface area contributed by atoms with E-state index in [2.05, 4.69) is 220 Å². The molecule has 15 aromatic rings. The Hall–Kier alpha value is -9.12. The third-order valence-electron chi connectivity index (χ3n) is 19.7. The quantitative estimate of drug-likeness (QED) is 0.173. The van der Waals surface area contributed by atoms with Gasteiger partial charge < -0.3 is 8.80 Å². The van der Waals surface area contributed by atoms with E-state index >= 15 is 0 Å². The number of rotatable bonds is 2. The van der Waals surface area contributed by atoms with Crippen LogP contribution in [0.5, 0.6) is 0 Å². The van der Waals surface area contributed by atoms with Crippen molar-refractivity contribution in [2.45, 2.75) is 65.2 Å². The van der Waals surface area contributed by atoms with Gasteiger partial charge in [0.25, 0.3) is 0 Å². The van der Waals surface area contributed by atoms with E-state index in [0.29, 0.717) is 0 Å². The van der Waals surface area contributed by atoms with Gasteiger partial charge in [-0.25, -0.2) is 0 Å². The zero-order chi connectivity index (χ0) is 51.5. The van der Waals surface area contributed by atoms with Gasteiger partial charge in [0.05, 0.1) is 68.7 Å². The Morgan fingerprint density at radius 2 is 0.641 bits per heavy atom. The van der Waals surface area contributed by atoms with Crippen molar-refractivity contribution in [2.75, 3.05) is 0 Å². The van der Waals surface area contributed by atoms with Crippen LogP contribution in [0, 0.1) is 41.5 Å². The number of aromatic nitrogens is 4. The summed E-state index contributed by atoms with van der Waals surface area (Å²) in [6.07, 6.45) is 4.46. The summed E-state index contributed by atoms with van der Waals surface area (Å²) in [6, 6.07) is 61.1. The van der Waals surface area contributed by atoms with E-state index in [4.69, 9.17) is 9.97 Å². The molecule has 78 heavy (non-hydrogen) atoms. The van der Waals surface area contributed by atoms with Crippen molar-refractivity contribution < 1.29 is 0 Å². The lowest BCUT2D eigenvalue weighted by molar-refractivity contribution is 0.735. The third kappa shape index (κ3) is 4.76. The van der Waals surface area contributed by atoms with Crippen molar-refractivity contribution >= 4 is 76.2 Å². The van der Waals surface area contributed by atoms with Crippen LogP contribution in [0.2, 0.25) is 0 Å². The smallest absolute Gasteiger partial charge is 0.0728 e. The second-order valence-electron chi connectivity index (χ2n) is 23.8. The first-order valence-electron chi connectivity index (χ1n) is 27.9. The average molecular weight is 995 g/mol. The summed E-state index contributed by atoms with van der Waals surface area (Å²) in [5, 5.41) is 10.4. The molecule has 6 aliphatic carbocycles. The molecule has 6 aliphatic rings. The van der Waals surface area contributed by atoms with E-state index in [9.17, 15) is 0 Å². The Balaban J connectivity index is 0.994. The second-order valence-corrected chi connectivity index (χ2v) is 23.8. The molecule has 4 nitrogen and oxygen atoms in total. The number of hydrogen-bond acceptors (Lipinski definition) is 2. The monoisotopic (exact) mass is 994 g/mol. The summed E-state index contributed by atoms with van der Waals surface area (Å²) >= 11 is 0. The van der Waals surface area contributed by atoms with Crippen molar-refractivity contribution in [1.82, 2.24) is 18.8 Å². The Bertz CT molecular complexity index is 4840. The summed E-state index contributed by atoms with van der Waals surface area (Å²) in [4.78, 5) is 11.3. The molecule has 0 amide bonds. The molecule has 0 fully saturated rings. The minimum absolute atomic E-state index is 0.0901. The van der Waals surface area contributed by atoms with Crippen molar-refractivity contribution in [3.05, 3.63) is 271 Å². The summed E-state index contributed by atoms with van der Waals surface area (Å²) < 4.78 is 5.26. The molecule has 0 spiro atoms. The highest BCUT2D eigenvalue weighted by atomic mass is 15.0. The zero-order valence-corrected chi connectivity index (χ0v) is 44.3. The highest BCUT2D eigenvalue weighted by Crippen LogP contribution is 2.61. The number of nitrogens with zero attached hydrogens (tertiary/aromatic N) is 4. The number of benzene rings is 9. The Labute approximate surface area is 450 Å². The predicted octanol–water partition coefficient (Wildman–Crippen LogP) is 17.9. The third-order valence-corrected chi connectivity index (χ3v) is 19.7. The topological polar surface area (TPSA) is 34.6 Å². The summed E-state index contributed by atoms with van der Waals surface area (Å²) in [5.41, 5.74) is 36.7. The first-order valence-corrected chi connectivity index (χ1v) is 27.9. The maximum atomic E-state index is 5.64. The molecule has 366 valence electrons. The summed E-state index contributed by atoms with van der Waals surface area (Å²) in [6.45, 7) is 13.7. The first kappa shape index (κ1) is 42.0. The standard InChI is InChI=1S/C74H50N4/c1-35-27-37(3)59(38(4)28-35)49-23-25-51-67-57(33-75-71-63-45-19-11-7-15-41(45)61(69(67)71)42-16-8-12-20-46(42)63)77-55-32-54-56(31-53(55)65(49)73(51)77)78-58-34-76-72-64-47-21-13-9-17-43(47)62(44-18-10-14-22-48(44)64)70(72)68(58)52-26-24-50(66(54)74(52)78)60-39(5)29-36(2)30-40(60)6/h7-34,61-64H,1-6H3. The normalized spacial score (nSPS) is 17.6. The lowest BCUT2D eigenvalue weighted by Crippen LogP contribution is -2.28. The fourth-order valence-corrected chi connectivity index (χ4v) is 17.4. The van der Waals surface area contributed by atoms with Crippen LogP contribution in [-0.2, 0) is 0 Å². The second kappa shape index (κ2) is 14.1. The van der Waals surface area contributed by atoms with Crippen LogP contribution in [-0.4, -0.2) is 18.8 Å². The van der Waals surface area contributed by atoms with Gasteiger partial charge in [-0.1, -0.05) is 157 Å². The highest BCUT2D eigenvalue weighted by Gasteiger charge is 2.46. The van der Waals surface area contributed by atoms with E-state index in [1.165, 1.54) is 199 Å². The first-order chi connectivity index (χ1) is 38.2. The fourth-order valence-electron chi connectivity index (χ4n) is 17.4. The maximum absolute atomic E-state index is 5.64. The summed E-state index contributed by atoms with van der Waals surface area (Å²) in [5.74, 6) is 0.362. The van der Waals surface area contributed by atoms with E-state index in [1.54, 1.807) is 0 Å². The Kier molecular flexibility index (Phi) is 7.59. The molecule has 0 N–H and O–H groups in total. The van der Waals surface area contributed by atoms with Crippen LogP contribution in [0.4, 0.5) is 0 Å². The average Bonchev–Trinajstić information content (AvgIpc) is 2.99. The van der Waals surface area contributed by atoms with Crippen LogP contribution in [0.25, 0.3) is 98.4 Å². The predicted molar refractivity (Wildman–Crippen MR) is 320 cm³/mol. The minimum Gasteiger partial charge on any atom is -0.306 e. The minimum atomic E-state index is 0.0901. The lowest BCUT2D eigenvalue weighted by Gasteiger charge is -2.41. The molecular formula is C74H50N4. The van der Waals surface area contributed by atoms with Gasteiger partial charge in [-0.2, -0.15) is 0 Å². The van der Waals surface area contributed by atoms with Crippen LogP contribution >= 0.6 is 0 Å². The molecule has 6 aromatic heterocycles. The number of fused-ring (bicyclic) bond motifs is 12. The van der Waals surface area contributed by atoms with Gasteiger partial charge in [-0.05, 0) is 154 Å². The molecule has 0 unspecified atom stereocenters. The highest BCUT2D eigenvalue weighted by molar-refractivity contribution is 6.33. The van der Waals surface area contributed by atoms with Crippen molar-refractivity contribution in [3.63, 3.8) is 0 Å². The van der Waals surface area contributed by atoms with E-state index in [0.717, 1.165) is 0 Å². The van der Waals surface area contributed by atoms with Crippen LogP contribution in [0.3, 0.4) is 0 Å². The van der Waals surface area contributed by atoms with Crippen molar-refractivity contribution in [3.8, 4) is 22.3 Å². The molecule has 0 radical (unpaired) electrons. The van der Waals surface area contributed by atoms with Crippen LogP contribution < -0.4 is 0 Å². The van der Waals surface area contributed by atoms with Gasteiger partial charge in [0, 0.05) is 54.9 Å². The molecule has 4 heteroatoms. The fraction of sp³-hybridized carbons (Fsp3) is 0.135. The SMILES string of the molecule is Cc1cc(C)c(-c2ccc3c4c5c(ncc4n4c6cc7c8c(-c9c(C)cc(C)cc9C)ccc9c%10c%11c(ncc%10n(c7cc6c2c34)c98)C2c3ccccc3C%11c3ccccc32)C2c3ccccc3C5c3ccccc32)c(C)c1. The molecule has 21 rings (SSSR count). The van der Waals surface area contributed by atoms with Crippen molar-refractivity contribution in [2.24, 2.45) is 0 Å². The van der Waals surface area contributed by atoms with Gasteiger partial charge in [-0.15, -0.1) is 0 Å². The van der Waals surface area contributed by atoms with Gasteiger partial charge >= 0.3 is 0 Å². The van der Waals surface area contributed by atoms with Crippen LogP contribution in [0.15, 0.2) is 170 Å². The molecular weight excluding hydrogens is 945 g/mol. The van der Waals surface area contributed by atoms with E-state index < -0.39 is 0 Å². The molecule has 9 aromatic carbocycles. The van der Waals surface area contributed by atoms with Crippen LogP contribution in [0.1, 0.15) is 124 Å². The van der Waals surface area contributed by atoms with Gasteiger partial charge in [-0.3, -0.25) is 9.97 Å². The molecule has 0 atom stereocenters. The largest absolute Gasteiger partial charge is 0.306 e. The number of pyridine rings is 2. The maximum Gasteiger partial charge on any atom is 0.0728 e. The lowest BCUT2D eigenvalue weighted by atomic mass is 9.62. The van der Waals surface area contributed by atoms with E-state index in [-0.39, 0.29) is 23.7 Å². The Morgan fingerprint density at radius 3 is 0.974 bits per heavy atom. The zero-order valence-electron chi connectivity index (χ0n) is 44.3. The molecule has 6 heterocycles. The molecule has 0 saturated heterocycles. The molecule has 0 aliphatic heterocycles. The molecule has 4 bridgehead atoms. The van der Waals surface area contributed by atoms with Gasteiger partial charge in [0.15, 0.2) is 0 Å². The Morgan fingerprint density at radius 1 is 0.321 bits per heavy atom. The summed E-state index contributed by atoms with van der Waals surface area (Å²) in [7, 11) is 0. The number of aryl methyl sites for hydroxylation is 6. The van der Waals surface area contributed by atoms with Gasteiger partial charge in [0.1, 0.15) is 0 Å². The molecule has 0 saturated carbocycles. The van der Waals surface area contributed by atoms with Crippen molar-refractivity contribution in [1.29, 1.82) is 0 Å². The van der Waals surface area contributed by atoms with E-state index in [1.807, 2.05) is 0 Å².